The van der Waals surface area contributed by atoms with E-state index in [1.54, 1.807) is 13.0 Å². The summed E-state index contributed by atoms with van der Waals surface area (Å²) in [5.41, 5.74) is 0.819. The van der Waals surface area contributed by atoms with Crippen molar-refractivity contribution in [3.8, 4) is 0 Å². The van der Waals surface area contributed by atoms with Crippen LogP contribution in [0.2, 0.25) is 0 Å². The summed E-state index contributed by atoms with van der Waals surface area (Å²) in [6.07, 6.45) is 2.83. The van der Waals surface area contributed by atoms with Gasteiger partial charge >= 0.3 is 0 Å². The van der Waals surface area contributed by atoms with Crippen LogP contribution in [0.25, 0.3) is 0 Å². The van der Waals surface area contributed by atoms with Gasteiger partial charge < -0.3 is 0 Å². The second kappa shape index (κ2) is 3.44. The topological polar surface area (TPSA) is 17.1 Å². The standard InChI is InChI=1S/C6H7ClO/c1-5(2)3-4-6(7)8/h3-4H,1H2,2H3. The average molecular weight is 131 g/mol. The summed E-state index contributed by atoms with van der Waals surface area (Å²) in [4.78, 5) is 9.99. The molecule has 0 aromatic rings. The molecule has 0 N–H and O–H groups in total. The molecule has 0 fully saturated rings. The monoisotopic (exact) mass is 130 g/mol. The van der Waals surface area contributed by atoms with Gasteiger partial charge in [0.1, 0.15) is 0 Å². The molecular formula is C6H7ClO. The third-order valence-corrected chi connectivity index (χ3v) is 0.625. The van der Waals surface area contributed by atoms with Crippen molar-refractivity contribution in [1.29, 1.82) is 0 Å². The summed E-state index contributed by atoms with van der Waals surface area (Å²) in [5.74, 6) is 0. The fourth-order valence-corrected chi connectivity index (χ4v) is 0.271. The molecule has 0 atom stereocenters. The minimum Gasteiger partial charge on any atom is -0.276 e. The van der Waals surface area contributed by atoms with Gasteiger partial charge in [0.25, 0.3) is 0 Å². The van der Waals surface area contributed by atoms with Crippen LogP contribution in [0.15, 0.2) is 24.3 Å². The summed E-state index contributed by atoms with van der Waals surface area (Å²) in [6, 6.07) is 0. The van der Waals surface area contributed by atoms with Crippen LogP contribution in [-0.4, -0.2) is 5.24 Å². The van der Waals surface area contributed by atoms with Gasteiger partial charge in [-0.25, -0.2) is 0 Å². The third kappa shape index (κ3) is 5.44. The van der Waals surface area contributed by atoms with Crippen LogP contribution in [0.3, 0.4) is 0 Å². The SMILES string of the molecule is C=C(C)C=CC(=O)Cl. The Morgan fingerprint density at radius 3 is 2.25 bits per heavy atom. The zero-order chi connectivity index (χ0) is 6.57. The first-order valence-electron chi connectivity index (χ1n) is 2.16. The molecule has 0 aromatic heterocycles. The minimum atomic E-state index is -0.465. The lowest BCUT2D eigenvalue weighted by molar-refractivity contribution is -0.107. The zero-order valence-electron chi connectivity index (χ0n) is 4.65. The maximum absolute atomic E-state index is 9.99. The van der Waals surface area contributed by atoms with Crippen molar-refractivity contribution < 1.29 is 4.79 Å². The van der Waals surface area contributed by atoms with E-state index >= 15 is 0 Å². The maximum atomic E-state index is 9.99. The molecule has 0 unspecified atom stereocenters. The molecule has 0 saturated carbocycles. The smallest absolute Gasteiger partial charge is 0.245 e. The molecule has 0 saturated heterocycles. The van der Waals surface area contributed by atoms with Crippen LogP contribution in [0.5, 0.6) is 0 Å². The van der Waals surface area contributed by atoms with E-state index in [9.17, 15) is 4.79 Å². The number of rotatable bonds is 2. The normalized spacial score (nSPS) is 9.75. The second-order valence-corrected chi connectivity index (χ2v) is 1.86. The predicted molar refractivity (Wildman–Crippen MR) is 34.8 cm³/mol. The molecule has 0 spiro atoms. The minimum absolute atomic E-state index is 0.465. The lowest BCUT2D eigenvalue weighted by atomic mass is 10.3. The quantitative estimate of drug-likeness (QED) is 0.317. The highest BCUT2D eigenvalue weighted by Crippen LogP contribution is 1.90. The third-order valence-electron chi connectivity index (χ3n) is 0.499. The Hall–Kier alpha value is -0.560. The molecule has 0 rings (SSSR count). The average Bonchev–Trinajstić information content (AvgIpc) is 1.61. The molecule has 0 radical (unpaired) electrons. The lowest BCUT2D eigenvalue weighted by Crippen LogP contribution is -1.73. The first-order valence-corrected chi connectivity index (χ1v) is 2.54. The van der Waals surface area contributed by atoms with Crippen molar-refractivity contribution in [3.63, 3.8) is 0 Å². The highest BCUT2D eigenvalue weighted by Gasteiger charge is 1.81. The summed E-state index contributed by atoms with van der Waals surface area (Å²) < 4.78 is 0. The van der Waals surface area contributed by atoms with Crippen molar-refractivity contribution in [2.24, 2.45) is 0 Å². The van der Waals surface area contributed by atoms with Crippen LogP contribution in [0.1, 0.15) is 6.92 Å². The van der Waals surface area contributed by atoms with Crippen molar-refractivity contribution in [3.05, 3.63) is 24.3 Å². The Morgan fingerprint density at radius 1 is 1.62 bits per heavy atom. The van der Waals surface area contributed by atoms with Gasteiger partial charge in [0, 0.05) is 0 Å². The van der Waals surface area contributed by atoms with Crippen molar-refractivity contribution in [2.45, 2.75) is 6.92 Å². The van der Waals surface area contributed by atoms with Gasteiger partial charge in [-0.3, -0.25) is 4.79 Å². The lowest BCUT2D eigenvalue weighted by Gasteiger charge is -1.78. The Morgan fingerprint density at radius 2 is 2.12 bits per heavy atom. The van der Waals surface area contributed by atoms with Crippen LogP contribution >= 0.6 is 11.6 Å². The van der Waals surface area contributed by atoms with Crippen molar-refractivity contribution >= 4 is 16.8 Å². The van der Waals surface area contributed by atoms with Crippen LogP contribution in [0.4, 0.5) is 0 Å². The molecule has 0 amide bonds. The van der Waals surface area contributed by atoms with Crippen LogP contribution < -0.4 is 0 Å². The van der Waals surface area contributed by atoms with E-state index in [1.807, 2.05) is 0 Å². The molecule has 0 bridgehead atoms. The van der Waals surface area contributed by atoms with Crippen LogP contribution in [0, 0.1) is 0 Å². The molecule has 8 heavy (non-hydrogen) atoms. The van der Waals surface area contributed by atoms with E-state index in [4.69, 9.17) is 11.6 Å². The number of halogens is 1. The van der Waals surface area contributed by atoms with E-state index in [0.717, 1.165) is 5.57 Å². The van der Waals surface area contributed by atoms with Crippen molar-refractivity contribution in [2.75, 3.05) is 0 Å². The molecule has 44 valence electrons. The Kier molecular flexibility index (Phi) is 3.20. The summed E-state index contributed by atoms with van der Waals surface area (Å²) in [7, 11) is 0. The predicted octanol–water partition coefficient (Wildman–Crippen LogP) is 1.88. The highest BCUT2D eigenvalue weighted by atomic mass is 35.5. The first kappa shape index (κ1) is 7.44. The number of hydrogen-bond acceptors (Lipinski definition) is 1. The van der Waals surface area contributed by atoms with E-state index in [0.29, 0.717) is 0 Å². The van der Waals surface area contributed by atoms with E-state index in [-0.39, 0.29) is 0 Å². The fourth-order valence-electron chi connectivity index (χ4n) is 0.208. The van der Waals surface area contributed by atoms with Gasteiger partial charge in [0.15, 0.2) is 0 Å². The molecule has 0 aromatic carbocycles. The molecule has 0 heterocycles. The molecule has 2 heteroatoms. The van der Waals surface area contributed by atoms with Gasteiger partial charge in [0.2, 0.25) is 5.24 Å². The van der Waals surface area contributed by atoms with Gasteiger partial charge in [-0.2, -0.15) is 0 Å². The van der Waals surface area contributed by atoms with Crippen molar-refractivity contribution in [1.82, 2.24) is 0 Å². The summed E-state index contributed by atoms with van der Waals surface area (Å²) in [6.45, 7) is 5.32. The zero-order valence-corrected chi connectivity index (χ0v) is 5.40. The Bertz CT molecular complexity index is 119. The van der Waals surface area contributed by atoms with E-state index in [2.05, 4.69) is 6.58 Å². The number of allylic oxidation sites excluding steroid dienone is 3. The van der Waals surface area contributed by atoms with Crippen LogP contribution in [-0.2, 0) is 4.79 Å². The molecule has 0 aliphatic rings. The molecule has 0 aliphatic heterocycles. The molecule has 1 nitrogen and oxygen atoms in total. The summed E-state index contributed by atoms with van der Waals surface area (Å²) in [5, 5.41) is -0.465. The van der Waals surface area contributed by atoms with E-state index < -0.39 is 5.24 Å². The van der Waals surface area contributed by atoms with Gasteiger partial charge in [-0.15, -0.1) is 0 Å². The number of carbonyl (C=O) groups excluding carboxylic acids is 1. The maximum Gasteiger partial charge on any atom is 0.245 e. The van der Waals surface area contributed by atoms with Gasteiger partial charge in [-0.1, -0.05) is 18.2 Å². The fraction of sp³-hybridized carbons (Fsp3) is 0.167. The molecule has 0 aliphatic carbocycles. The Balaban J connectivity index is 3.67. The van der Waals surface area contributed by atoms with Gasteiger partial charge in [0.05, 0.1) is 0 Å². The molecular weight excluding hydrogens is 124 g/mol. The Labute approximate surface area is 53.6 Å². The van der Waals surface area contributed by atoms with Gasteiger partial charge in [-0.05, 0) is 24.6 Å². The number of carbonyl (C=O) groups is 1. The number of hydrogen-bond donors (Lipinski definition) is 0. The second-order valence-electron chi connectivity index (χ2n) is 1.48. The van der Waals surface area contributed by atoms with E-state index in [1.165, 1.54) is 6.08 Å². The largest absolute Gasteiger partial charge is 0.276 e. The highest BCUT2D eigenvalue weighted by molar-refractivity contribution is 6.66. The summed E-state index contributed by atoms with van der Waals surface area (Å²) >= 11 is 4.96. The first-order chi connectivity index (χ1) is 3.63.